The van der Waals surface area contributed by atoms with Crippen LogP contribution in [0.25, 0.3) is 0 Å². The van der Waals surface area contributed by atoms with Crippen LogP contribution >= 0.6 is 0 Å². The van der Waals surface area contributed by atoms with Gasteiger partial charge in [-0.15, -0.1) is 0 Å². The molecule has 1 amide bonds. The minimum atomic E-state index is -0.492. The summed E-state index contributed by atoms with van der Waals surface area (Å²) >= 11 is 0. The van der Waals surface area contributed by atoms with Crippen molar-refractivity contribution in [3.8, 4) is 0 Å². The number of nitrogens with one attached hydrogen (secondary N) is 1. The van der Waals surface area contributed by atoms with E-state index in [9.17, 15) is 9.18 Å². The molecule has 106 valence electrons. The maximum atomic E-state index is 13.6. The van der Waals surface area contributed by atoms with Crippen molar-refractivity contribution in [2.75, 3.05) is 6.54 Å². The standard InChI is InChI=1S/C15H23FN2O/c1-4-11(5-2)14(17)9-18-15(19)12-7-6-10(3)8-13(12)16/h6-8,11,14H,4-5,9,17H2,1-3H3,(H,18,19). The Bertz CT molecular complexity index is 430. The second-order valence-electron chi connectivity index (χ2n) is 4.93. The van der Waals surface area contributed by atoms with E-state index in [-0.39, 0.29) is 11.6 Å². The molecule has 0 heterocycles. The molecule has 1 rings (SSSR count). The number of benzene rings is 1. The quantitative estimate of drug-likeness (QED) is 0.831. The Labute approximate surface area is 114 Å². The van der Waals surface area contributed by atoms with Gasteiger partial charge in [0.1, 0.15) is 5.82 Å². The minimum absolute atomic E-state index is 0.0716. The summed E-state index contributed by atoms with van der Waals surface area (Å²) in [4.78, 5) is 11.9. The first kappa shape index (κ1) is 15.6. The third kappa shape index (κ3) is 4.31. The zero-order valence-corrected chi connectivity index (χ0v) is 11.9. The normalized spacial score (nSPS) is 12.5. The number of hydrogen-bond donors (Lipinski definition) is 2. The minimum Gasteiger partial charge on any atom is -0.350 e. The molecule has 0 fully saturated rings. The topological polar surface area (TPSA) is 55.1 Å². The van der Waals surface area contributed by atoms with Gasteiger partial charge in [-0.05, 0) is 30.5 Å². The molecule has 0 radical (unpaired) electrons. The van der Waals surface area contributed by atoms with E-state index in [2.05, 4.69) is 19.2 Å². The van der Waals surface area contributed by atoms with Gasteiger partial charge in [-0.2, -0.15) is 0 Å². The largest absolute Gasteiger partial charge is 0.350 e. The lowest BCUT2D eigenvalue weighted by Crippen LogP contribution is -2.42. The molecular formula is C15H23FN2O. The van der Waals surface area contributed by atoms with E-state index >= 15 is 0 Å². The van der Waals surface area contributed by atoms with Gasteiger partial charge in [0.15, 0.2) is 0 Å². The summed E-state index contributed by atoms with van der Waals surface area (Å²) in [7, 11) is 0. The molecule has 1 unspecified atom stereocenters. The average molecular weight is 266 g/mol. The first-order valence-corrected chi connectivity index (χ1v) is 6.79. The van der Waals surface area contributed by atoms with Crippen molar-refractivity contribution in [3.05, 3.63) is 35.1 Å². The molecule has 0 aromatic heterocycles. The number of aryl methyl sites for hydroxylation is 1. The van der Waals surface area contributed by atoms with Crippen molar-refractivity contribution in [2.45, 2.75) is 39.7 Å². The van der Waals surface area contributed by atoms with Gasteiger partial charge in [-0.1, -0.05) is 32.8 Å². The van der Waals surface area contributed by atoms with Gasteiger partial charge in [0, 0.05) is 12.6 Å². The van der Waals surface area contributed by atoms with Crippen LogP contribution in [-0.2, 0) is 0 Å². The van der Waals surface area contributed by atoms with Crippen molar-refractivity contribution >= 4 is 5.91 Å². The second-order valence-corrected chi connectivity index (χ2v) is 4.93. The zero-order valence-electron chi connectivity index (χ0n) is 11.9. The lowest BCUT2D eigenvalue weighted by molar-refractivity contribution is 0.0944. The van der Waals surface area contributed by atoms with Crippen LogP contribution < -0.4 is 11.1 Å². The van der Waals surface area contributed by atoms with Gasteiger partial charge in [-0.3, -0.25) is 4.79 Å². The Morgan fingerprint density at radius 1 is 1.37 bits per heavy atom. The van der Waals surface area contributed by atoms with Crippen molar-refractivity contribution in [3.63, 3.8) is 0 Å². The summed E-state index contributed by atoms with van der Waals surface area (Å²) in [5, 5.41) is 2.70. The highest BCUT2D eigenvalue weighted by Gasteiger charge is 2.16. The molecule has 0 aliphatic heterocycles. The number of hydrogen-bond acceptors (Lipinski definition) is 2. The molecule has 4 heteroatoms. The predicted molar refractivity (Wildman–Crippen MR) is 75.5 cm³/mol. The van der Waals surface area contributed by atoms with Gasteiger partial charge < -0.3 is 11.1 Å². The van der Waals surface area contributed by atoms with Gasteiger partial charge in [0.2, 0.25) is 0 Å². The Kier molecular flexibility index (Phi) is 5.96. The van der Waals surface area contributed by atoms with Crippen LogP contribution in [0.15, 0.2) is 18.2 Å². The van der Waals surface area contributed by atoms with Crippen LogP contribution in [0.5, 0.6) is 0 Å². The molecular weight excluding hydrogens is 243 g/mol. The van der Waals surface area contributed by atoms with E-state index in [4.69, 9.17) is 5.73 Å². The van der Waals surface area contributed by atoms with Gasteiger partial charge >= 0.3 is 0 Å². The Balaban J connectivity index is 2.60. The first-order valence-electron chi connectivity index (χ1n) is 6.79. The number of carbonyl (C=O) groups excluding carboxylic acids is 1. The maximum Gasteiger partial charge on any atom is 0.254 e. The number of rotatable bonds is 6. The lowest BCUT2D eigenvalue weighted by atomic mass is 9.95. The van der Waals surface area contributed by atoms with Crippen LogP contribution in [0, 0.1) is 18.7 Å². The first-order chi connectivity index (χ1) is 8.99. The van der Waals surface area contributed by atoms with E-state index in [0.29, 0.717) is 12.5 Å². The molecule has 0 bridgehead atoms. The molecule has 0 spiro atoms. The molecule has 0 aliphatic rings. The van der Waals surface area contributed by atoms with Crippen LogP contribution in [0.4, 0.5) is 4.39 Å². The molecule has 3 nitrogen and oxygen atoms in total. The fraction of sp³-hybridized carbons (Fsp3) is 0.533. The van der Waals surface area contributed by atoms with E-state index in [1.165, 1.54) is 12.1 Å². The fourth-order valence-corrected chi connectivity index (χ4v) is 2.17. The van der Waals surface area contributed by atoms with E-state index in [0.717, 1.165) is 18.4 Å². The van der Waals surface area contributed by atoms with Gasteiger partial charge in [0.25, 0.3) is 5.91 Å². The summed E-state index contributed by atoms with van der Waals surface area (Å²) < 4.78 is 13.6. The monoisotopic (exact) mass is 266 g/mol. The van der Waals surface area contributed by atoms with Crippen molar-refractivity contribution in [1.82, 2.24) is 5.32 Å². The number of amides is 1. The van der Waals surface area contributed by atoms with Crippen molar-refractivity contribution in [2.24, 2.45) is 11.7 Å². The molecule has 0 saturated carbocycles. The van der Waals surface area contributed by atoms with Gasteiger partial charge in [0.05, 0.1) is 5.56 Å². The third-order valence-corrected chi connectivity index (χ3v) is 3.52. The van der Waals surface area contributed by atoms with Crippen LogP contribution in [-0.4, -0.2) is 18.5 Å². The molecule has 1 atom stereocenters. The summed E-state index contributed by atoms with van der Waals surface area (Å²) in [5.41, 5.74) is 6.88. The smallest absolute Gasteiger partial charge is 0.254 e. The van der Waals surface area contributed by atoms with Crippen molar-refractivity contribution in [1.29, 1.82) is 0 Å². The maximum absolute atomic E-state index is 13.6. The molecule has 19 heavy (non-hydrogen) atoms. The second kappa shape index (κ2) is 7.24. The van der Waals surface area contributed by atoms with E-state index in [1.54, 1.807) is 13.0 Å². The molecule has 1 aromatic carbocycles. The van der Waals surface area contributed by atoms with Gasteiger partial charge in [-0.25, -0.2) is 4.39 Å². The highest BCUT2D eigenvalue weighted by molar-refractivity contribution is 5.94. The Hall–Kier alpha value is -1.42. The van der Waals surface area contributed by atoms with Crippen LogP contribution in [0.1, 0.15) is 42.6 Å². The predicted octanol–water partition coefficient (Wildman–Crippen LogP) is 2.63. The average Bonchev–Trinajstić information content (AvgIpc) is 2.37. The highest BCUT2D eigenvalue weighted by atomic mass is 19.1. The Morgan fingerprint density at radius 3 is 2.53 bits per heavy atom. The third-order valence-electron chi connectivity index (χ3n) is 3.52. The van der Waals surface area contributed by atoms with E-state index < -0.39 is 11.7 Å². The summed E-state index contributed by atoms with van der Waals surface area (Å²) in [6.07, 6.45) is 1.96. The molecule has 0 aliphatic carbocycles. The summed E-state index contributed by atoms with van der Waals surface area (Å²) in [6.45, 7) is 6.32. The number of carbonyl (C=O) groups is 1. The molecule has 1 aromatic rings. The number of nitrogens with two attached hydrogens (primary N) is 1. The fourth-order valence-electron chi connectivity index (χ4n) is 2.17. The van der Waals surface area contributed by atoms with Crippen LogP contribution in [0.2, 0.25) is 0 Å². The van der Waals surface area contributed by atoms with E-state index in [1.807, 2.05) is 0 Å². The summed E-state index contributed by atoms with van der Waals surface area (Å²) in [6, 6.07) is 4.49. The zero-order chi connectivity index (χ0) is 14.4. The van der Waals surface area contributed by atoms with Crippen molar-refractivity contribution < 1.29 is 9.18 Å². The van der Waals surface area contributed by atoms with Crippen LogP contribution in [0.3, 0.4) is 0 Å². The lowest BCUT2D eigenvalue weighted by Gasteiger charge is -2.21. The summed E-state index contributed by atoms with van der Waals surface area (Å²) in [5.74, 6) is -0.518. The Morgan fingerprint density at radius 2 is 2.00 bits per heavy atom. The SMILES string of the molecule is CCC(CC)C(N)CNC(=O)c1ccc(C)cc1F. The number of halogens is 1. The highest BCUT2D eigenvalue weighted by Crippen LogP contribution is 2.12. The molecule has 0 saturated heterocycles. The molecule has 3 N–H and O–H groups in total.